The molecule has 1 saturated heterocycles. The Morgan fingerprint density at radius 3 is 2.34 bits per heavy atom. The Labute approximate surface area is 172 Å². The Hall–Kier alpha value is -2.83. The summed E-state index contributed by atoms with van der Waals surface area (Å²) < 4.78 is 9.72. The number of allylic oxidation sites excluding steroid dienone is 1. The first-order chi connectivity index (χ1) is 13.8. The van der Waals surface area contributed by atoms with Gasteiger partial charge >= 0.3 is 6.16 Å². The van der Waals surface area contributed by atoms with Crippen molar-refractivity contribution in [2.75, 3.05) is 19.7 Å². The maximum Gasteiger partial charge on any atom is 0.513 e. The lowest BCUT2D eigenvalue weighted by Crippen LogP contribution is -2.46. The lowest BCUT2D eigenvalue weighted by molar-refractivity contribution is -0.117. The van der Waals surface area contributed by atoms with E-state index in [0.717, 1.165) is 18.4 Å². The molecule has 0 saturated carbocycles. The summed E-state index contributed by atoms with van der Waals surface area (Å²) in [7, 11) is 0. The summed E-state index contributed by atoms with van der Waals surface area (Å²) in [4.78, 5) is 37.9. The molecule has 0 unspecified atom stereocenters. The molecule has 1 heterocycles. The third-order valence-corrected chi connectivity index (χ3v) is 4.96. The molecule has 0 aliphatic carbocycles. The van der Waals surface area contributed by atoms with Crippen LogP contribution in [0.5, 0.6) is 5.75 Å². The summed E-state index contributed by atoms with van der Waals surface area (Å²) in [6.45, 7) is 9.15. The maximum atomic E-state index is 12.7. The predicted octanol–water partition coefficient (Wildman–Crippen LogP) is 3.55. The molecule has 0 atom stereocenters. The Kier molecular flexibility index (Phi) is 8.24. The molecule has 0 spiro atoms. The normalized spacial score (nSPS) is 15.2. The van der Waals surface area contributed by atoms with Gasteiger partial charge in [-0.15, -0.1) is 0 Å². The van der Waals surface area contributed by atoms with E-state index in [-0.39, 0.29) is 24.5 Å². The van der Waals surface area contributed by atoms with Gasteiger partial charge < -0.3 is 19.7 Å². The number of carbonyl (C=O) groups is 3. The van der Waals surface area contributed by atoms with Crippen molar-refractivity contribution < 1.29 is 23.9 Å². The largest absolute Gasteiger partial charge is 0.513 e. The maximum absolute atomic E-state index is 12.7. The zero-order chi connectivity index (χ0) is 21.4. The molecule has 29 heavy (non-hydrogen) atoms. The van der Waals surface area contributed by atoms with Gasteiger partial charge in [-0.3, -0.25) is 9.59 Å². The van der Waals surface area contributed by atoms with Gasteiger partial charge in [-0.25, -0.2) is 4.79 Å². The molecule has 158 valence electrons. The van der Waals surface area contributed by atoms with Crippen molar-refractivity contribution in [3.05, 3.63) is 41.5 Å². The number of hydrogen-bond acceptors (Lipinski definition) is 5. The van der Waals surface area contributed by atoms with Gasteiger partial charge in [0.2, 0.25) is 5.91 Å². The summed E-state index contributed by atoms with van der Waals surface area (Å²) in [5, 5.41) is 3.03. The third-order valence-electron chi connectivity index (χ3n) is 4.96. The molecular weight excluding hydrogens is 372 g/mol. The highest BCUT2D eigenvalue weighted by Crippen LogP contribution is 2.18. The van der Waals surface area contributed by atoms with Gasteiger partial charge in [0.15, 0.2) is 0 Å². The summed E-state index contributed by atoms with van der Waals surface area (Å²) in [6.07, 6.45) is 2.32. The van der Waals surface area contributed by atoms with Gasteiger partial charge in [-0.1, -0.05) is 19.4 Å². The minimum absolute atomic E-state index is 0.0711. The summed E-state index contributed by atoms with van der Waals surface area (Å²) in [5.74, 6) is 0.520. The molecule has 0 aromatic heterocycles. The number of piperidine rings is 1. The minimum atomic E-state index is -0.769. The number of rotatable bonds is 6. The van der Waals surface area contributed by atoms with Crippen LogP contribution in [0.3, 0.4) is 0 Å². The first-order valence-corrected chi connectivity index (χ1v) is 10.0. The smallest absolute Gasteiger partial charge is 0.434 e. The molecule has 7 nitrogen and oxygen atoms in total. The topological polar surface area (TPSA) is 84.9 Å². The van der Waals surface area contributed by atoms with Gasteiger partial charge in [-0.05, 0) is 56.9 Å². The SMILES string of the molecule is CCOC(=O)Oc1ccc(C(=O)N2CCC(NC(=O)/C=C(\C)C(C)C)CC2)cc1. The first-order valence-electron chi connectivity index (χ1n) is 10.0. The number of likely N-dealkylation sites (tertiary alicyclic amines) is 1. The average molecular weight is 402 g/mol. The van der Waals surface area contributed by atoms with E-state index >= 15 is 0 Å². The van der Waals surface area contributed by atoms with Crippen molar-refractivity contribution in [1.82, 2.24) is 10.2 Å². The number of benzene rings is 1. The van der Waals surface area contributed by atoms with Crippen LogP contribution in [0, 0.1) is 5.92 Å². The molecule has 1 aromatic rings. The van der Waals surface area contributed by atoms with Gasteiger partial charge in [-0.2, -0.15) is 0 Å². The van der Waals surface area contributed by atoms with E-state index < -0.39 is 6.16 Å². The van der Waals surface area contributed by atoms with Gasteiger partial charge in [0.05, 0.1) is 6.61 Å². The number of ether oxygens (including phenoxy) is 2. The van der Waals surface area contributed by atoms with E-state index in [9.17, 15) is 14.4 Å². The quantitative estimate of drug-likeness (QED) is 0.447. The molecule has 1 N–H and O–H groups in total. The van der Waals surface area contributed by atoms with E-state index in [4.69, 9.17) is 9.47 Å². The molecule has 1 fully saturated rings. The van der Waals surface area contributed by atoms with Crippen LogP contribution in [-0.4, -0.2) is 48.6 Å². The van der Waals surface area contributed by atoms with Crippen molar-refractivity contribution in [3.63, 3.8) is 0 Å². The van der Waals surface area contributed by atoms with Crippen LogP contribution >= 0.6 is 0 Å². The van der Waals surface area contributed by atoms with Crippen LogP contribution < -0.4 is 10.1 Å². The highest BCUT2D eigenvalue weighted by atomic mass is 16.7. The van der Waals surface area contributed by atoms with E-state index in [1.807, 2.05) is 6.92 Å². The van der Waals surface area contributed by atoms with E-state index in [1.165, 1.54) is 0 Å². The second kappa shape index (κ2) is 10.6. The number of amides is 2. The van der Waals surface area contributed by atoms with Crippen LogP contribution in [0.4, 0.5) is 4.79 Å². The lowest BCUT2D eigenvalue weighted by Gasteiger charge is -2.32. The van der Waals surface area contributed by atoms with Crippen molar-refractivity contribution in [2.45, 2.75) is 46.6 Å². The summed E-state index contributed by atoms with van der Waals surface area (Å²) in [5.41, 5.74) is 1.57. The summed E-state index contributed by atoms with van der Waals surface area (Å²) >= 11 is 0. The van der Waals surface area contributed by atoms with Gasteiger partial charge in [0.1, 0.15) is 5.75 Å². The van der Waals surface area contributed by atoms with Crippen molar-refractivity contribution >= 4 is 18.0 Å². The number of nitrogens with one attached hydrogen (secondary N) is 1. The Bertz CT molecular complexity index is 747. The molecule has 7 heteroatoms. The Morgan fingerprint density at radius 1 is 1.17 bits per heavy atom. The lowest BCUT2D eigenvalue weighted by atomic mass is 10.0. The fraction of sp³-hybridized carbons (Fsp3) is 0.500. The van der Waals surface area contributed by atoms with Crippen molar-refractivity contribution in [3.8, 4) is 5.75 Å². The molecule has 0 radical (unpaired) electrons. The number of carbonyl (C=O) groups excluding carboxylic acids is 3. The standard InChI is InChI=1S/C22H30N2O5/c1-5-28-22(27)29-19-8-6-17(7-9-19)21(26)24-12-10-18(11-13-24)23-20(25)14-16(4)15(2)3/h6-9,14-15,18H,5,10-13H2,1-4H3,(H,23,25)/b16-14+. The molecule has 1 aliphatic heterocycles. The molecule has 1 aliphatic rings. The molecule has 1 aromatic carbocycles. The second-order valence-electron chi connectivity index (χ2n) is 7.43. The van der Waals surface area contributed by atoms with Gasteiger partial charge in [0.25, 0.3) is 5.91 Å². The van der Waals surface area contributed by atoms with Crippen LogP contribution in [0.15, 0.2) is 35.9 Å². The van der Waals surface area contributed by atoms with Crippen molar-refractivity contribution in [2.24, 2.45) is 5.92 Å². The molecular formula is C22H30N2O5. The molecule has 2 rings (SSSR count). The fourth-order valence-corrected chi connectivity index (χ4v) is 2.93. The highest BCUT2D eigenvalue weighted by Gasteiger charge is 2.24. The number of hydrogen-bond donors (Lipinski definition) is 1. The van der Waals surface area contributed by atoms with E-state index in [2.05, 4.69) is 19.2 Å². The Morgan fingerprint density at radius 2 is 1.79 bits per heavy atom. The zero-order valence-corrected chi connectivity index (χ0v) is 17.6. The zero-order valence-electron chi connectivity index (χ0n) is 17.6. The molecule has 2 amide bonds. The van der Waals surface area contributed by atoms with E-state index in [1.54, 1.807) is 42.2 Å². The van der Waals surface area contributed by atoms with E-state index in [0.29, 0.717) is 30.3 Å². The van der Waals surface area contributed by atoms with Crippen LogP contribution in [-0.2, 0) is 9.53 Å². The minimum Gasteiger partial charge on any atom is -0.434 e. The van der Waals surface area contributed by atoms with Crippen molar-refractivity contribution in [1.29, 1.82) is 0 Å². The van der Waals surface area contributed by atoms with Crippen LogP contribution in [0.2, 0.25) is 0 Å². The number of nitrogens with zero attached hydrogens (tertiary/aromatic N) is 1. The predicted molar refractivity (Wildman–Crippen MR) is 110 cm³/mol. The van der Waals surface area contributed by atoms with Gasteiger partial charge in [0, 0.05) is 30.8 Å². The Balaban J connectivity index is 1.84. The first kappa shape index (κ1) is 22.5. The monoisotopic (exact) mass is 402 g/mol. The van der Waals surface area contributed by atoms with Crippen LogP contribution in [0.25, 0.3) is 0 Å². The highest BCUT2D eigenvalue weighted by molar-refractivity contribution is 5.94. The third kappa shape index (κ3) is 6.93. The second-order valence-corrected chi connectivity index (χ2v) is 7.43. The van der Waals surface area contributed by atoms with Crippen LogP contribution in [0.1, 0.15) is 50.9 Å². The summed E-state index contributed by atoms with van der Waals surface area (Å²) in [6, 6.07) is 6.47. The average Bonchev–Trinajstić information content (AvgIpc) is 2.68. The molecule has 0 bridgehead atoms. The fourth-order valence-electron chi connectivity index (χ4n) is 2.93.